The molecule has 0 N–H and O–H groups in total. The van der Waals surface area contributed by atoms with Crippen LogP contribution in [0.1, 0.15) is 64.7 Å². The van der Waals surface area contributed by atoms with Crippen LogP contribution in [-0.2, 0) is 4.79 Å². The smallest absolute Gasteiger partial charge is 0.227 e. The van der Waals surface area contributed by atoms with Crippen LogP contribution in [0.2, 0.25) is 0 Å². The topological polar surface area (TPSA) is 23.6 Å². The van der Waals surface area contributed by atoms with E-state index in [0.717, 1.165) is 12.5 Å². The minimum Gasteiger partial charge on any atom is -0.339 e. The van der Waals surface area contributed by atoms with Crippen LogP contribution in [0.25, 0.3) is 0 Å². The summed E-state index contributed by atoms with van der Waals surface area (Å²) in [6.45, 7) is 5.85. The highest BCUT2D eigenvalue weighted by Crippen LogP contribution is 2.50. The van der Waals surface area contributed by atoms with E-state index in [1.165, 1.54) is 70.9 Å². The van der Waals surface area contributed by atoms with Gasteiger partial charge in [-0.1, -0.05) is 19.8 Å². The van der Waals surface area contributed by atoms with Gasteiger partial charge in [0.05, 0.1) is 5.92 Å². The maximum absolute atomic E-state index is 13.2. The van der Waals surface area contributed by atoms with Gasteiger partial charge in [0, 0.05) is 24.7 Å². The standard InChI is InChI=1S/C18H30N2O/c1-2-8-18-9-4-6-10-19(18)13-14-12-15(18)17(21)20-11-5-3-7-16(14)20/h14-16H,2-13H2,1H3/t14-,15-,16-,18+/m0/s1. The number of carbonyl (C=O) groups is 1. The fourth-order valence-corrected chi connectivity index (χ4v) is 6.08. The Morgan fingerprint density at radius 3 is 2.90 bits per heavy atom. The highest BCUT2D eigenvalue weighted by atomic mass is 16.2. The second-order valence-electron chi connectivity index (χ2n) is 7.90. The Balaban J connectivity index is 1.69. The first kappa shape index (κ1) is 14.0. The lowest BCUT2D eigenvalue weighted by Gasteiger charge is -2.62. The zero-order chi connectivity index (χ0) is 14.4. The highest BCUT2D eigenvalue weighted by Gasteiger charge is 2.57. The summed E-state index contributed by atoms with van der Waals surface area (Å²) in [5.74, 6) is 1.60. The summed E-state index contributed by atoms with van der Waals surface area (Å²) >= 11 is 0. The van der Waals surface area contributed by atoms with Crippen LogP contribution in [-0.4, -0.2) is 46.9 Å². The summed E-state index contributed by atoms with van der Waals surface area (Å²) < 4.78 is 0. The number of hydrogen-bond acceptors (Lipinski definition) is 2. The third kappa shape index (κ3) is 1.99. The summed E-state index contributed by atoms with van der Waals surface area (Å²) in [6, 6.07) is 0.573. The van der Waals surface area contributed by atoms with E-state index in [4.69, 9.17) is 0 Å². The molecule has 3 nitrogen and oxygen atoms in total. The minimum absolute atomic E-state index is 0.225. The molecule has 2 bridgehead atoms. The van der Waals surface area contributed by atoms with Crippen LogP contribution in [0.5, 0.6) is 0 Å². The van der Waals surface area contributed by atoms with Crippen LogP contribution in [0, 0.1) is 11.8 Å². The second-order valence-corrected chi connectivity index (χ2v) is 7.90. The molecule has 0 radical (unpaired) electrons. The molecular formula is C18H30N2O. The predicted molar refractivity (Wildman–Crippen MR) is 84.0 cm³/mol. The molecule has 0 unspecified atom stereocenters. The van der Waals surface area contributed by atoms with Crippen molar-refractivity contribution >= 4 is 5.91 Å². The third-order valence-corrected chi connectivity index (χ3v) is 6.92. The lowest BCUT2D eigenvalue weighted by atomic mass is 9.62. The first-order valence-corrected chi connectivity index (χ1v) is 9.32. The molecule has 0 aliphatic carbocycles. The first-order valence-electron chi connectivity index (χ1n) is 9.32. The molecule has 3 heteroatoms. The van der Waals surface area contributed by atoms with Gasteiger partial charge in [0.25, 0.3) is 0 Å². The normalized spacial score (nSPS) is 43.4. The van der Waals surface area contributed by atoms with Gasteiger partial charge in [-0.3, -0.25) is 9.69 Å². The summed E-state index contributed by atoms with van der Waals surface area (Å²) in [5.41, 5.74) is 0.225. The summed E-state index contributed by atoms with van der Waals surface area (Å²) in [6.07, 6.45) is 11.4. The van der Waals surface area contributed by atoms with Crippen molar-refractivity contribution in [2.24, 2.45) is 11.8 Å². The van der Waals surface area contributed by atoms with Crippen molar-refractivity contribution < 1.29 is 4.79 Å². The van der Waals surface area contributed by atoms with Gasteiger partial charge in [-0.2, -0.15) is 0 Å². The van der Waals surface area contributed by atoms with E-state index < -0.39 is 0 Å². The fraction of sp³-hybridized carbons (Fsp3) is 0.944. The molecule has 21 heavy (non-hydrogen) atoms. The van der Waals surface area contributed by atoms with Crippen molar-refractivity contribution in [3.63, 3.8) is 0 Å². The number of piperidine rings is 4. The number of fused-ring (bicyclic) bond motifs is 6. The monoisotopic (exact) mass is 290 g/mol. The van der Waals surface area contributed by atoms with Crippen molar-refractivity contribution in [2.45, 2.75) is 76.3 Å². The molecule has 4 aliphatic rings. The van der Waals surface area contributed by atoms with Crippen LogP contribution < -0.4 is 0 Å². The van der Waals surface area contributed by atoms with Crippen LogP contribution in [0.15, 0.2) is 0 Å². The Kier molecular flexibility index (Phi) is 3.52. The molecule has 1 amide bonds. The van der Waals surface area contributed by atoms with Gasteiger partial charge < -0.3 is 4.90 Å². The lowest BCUT2D eigenvalue weighted by molar-refractivity contribution is -0.172. The van der Waals surface area contributed by atoms with Crippen molar-refractivity contribution in [3.05, 3.63) is 0 Å². The Labute approximate surface area is 129 Å². The molecule has 4 fully saturated rings. The Morgan fingerprint density at radius 2 is 2.05 bits per heavy atom. The van der Waals surface area contributed by atoms with Crippen LogP contribution >= 0.6 is 0 Å². The maximum Gasteiger partial charge on any atom is 0.227 e. The molecule has 118 valence electrons. The average molecular weight is 290 g/mol. The van der Waals surface area contributed by atoms with Gasteiger partial charge in [-0.25, -0.2) is 0 Å². The van der Waals surface area contributed by atoms with Crippen molar-refractivity contribution in [3.8, 4) is 0 Å². The lowest BCUT2D eigenvalue weighted by Crippen LogP contribution is -2.71. The van der Waals surface area contributed by atoms with E-state index in [1.807, 2.05) is 0 Å². The quantitative estimate of drug-likeness (QED) is 0.780. The Morgan fingerprint density at radius 1 is 1.19 bits per heavy atom. The number of carbonyl (C=O) groups excluding carboxylic acids is 1. The Bertz CT molecular complexity index is 419. The number of hydrogen-bond donors (Lipinski definition) is 0. The van der Waals surface area contributed by atoms with E-state index in [0.29, 0.717) is 17.9 Å². The van der Waals surface area contributed by atoms with E-state index >= 15 is 0 Å². The van der Waals surface area contributed by atoms with Gasteiger partial charge >= 0.3 is 0 Å². The largest absolute Gasteiger partial charge is 0.339 e. The molecule has 0 spiro atoms. The summed E-state index contributed by atoms with van der Waals surface area (Å²) in [7, 11) is 0. The molecule has 4 aliphatic heterocycles. The van der Waals surface area contributed by atoms with Gasteiger partial charge in [-0.15, -0.1) is 0 Å². The fourth-order valence-electron chi connectivity index (χ4n) is 6.08. The molecule has 4 heterocycles. The molecule has 4 rings (SSSR count). The molecule has 0 saturated carbocycles. The summed E-state index contributed by atoms with van der Waals surface area (Å²) in [4.78, 5) is 18.3. The van der Waals surface area contributed by atoms with Crippen LogP contribution in [0.4, 0.5) is 0 Å². The first-order chi connectivity index (χ1) is 10.3. The molecule has 0 aromatic heterocycles. The molecule has 0 aromatic carbocycles. The zero-order valence-electron chi connectivity index (χ0n) is 13.5. The van der Waals surface area contributed by atoms with Crippen molar-refractivity contribution in [2.75, 3.05) is 19.6 Å². The van der Waals surface area contributed by atoms with Crippen molar-refractivity contribution in [1.29, 1.82) is 0 Å². The predicted octanol–water partition coefficient (Wildman–Crippen LogP) is 3.04. The minimum atomic E-state index is 0.225. The van der Waals surface area contributed by atoms with E-state index in [9.17, 15) is 4.79 Å². The average Bonchev–Trinajstić information content (AvgIpc) is 2.53. The van der Waals surface area contributed by atoms with Gasteiger partial charge in [0.1, 0.15) is 0 Å². The molecular weight excluding hydrogens is 260 g/mol. The van der Waals surface area contributed by atoms with E-state index in [-0.39, 0.29) is 5.54 Å². The SMILES string of the molecule is CCC[C@]12CCCCN1C[C@@H]1C[C@H]2C(=O)N2CCCC[C@@H]12. The third-order valence-electron chi connectivity index (χ3n) is 6.92. The van der Waals surface area contributed by atoms with Gasteiger partial charge in [0.2, 0.25) is 5.91 Å². The Hall–Kier alpha value is -0.570. The number of nitrogens with zero attached hydrogens (tertiary/aromatic N) is 2. The molecule has 0 aromatic rings. The number of amides is 1. The van der Waals surface area contributed by atoms with Gasteiger partial charge in [0.15, 0.2) is 0 Å². The molecule has 4 atom stereocenters. The van der Waals surface area contributed by atoms with E-state index in [1.54, 1.807) is 0 Å². The van der Waals surface area contributed by atoms with Gasteiger partial charge in [-0.05, 0) is 57.4 Å². The number of rotatable bonds is 2. The van der Waals surface area contributed by atoms with Crippen molar-refractivity contribution in [1.82, 2.24) is 9.80 Å². The summed E-state index contributed by atoms with van der Waals surface area (Å²) in [5, 5.41) is 0. The molecule has 4 saturated heterocycles. The zero-order valence-corrected chi connectivity index (χ0v) is 13.5. The second kappa shape index (κ2) is 5.26. The van der Waals surface area contributed by atoms with Crippen LogP contribution in [0.3, 0.4) is 0 Å². The van der Waals surface area contributed by atoms with E-state index in [2.05, 4.69) is 16.7 Å². The maximum atomic E-state index is 13.2. The highest BCUT2D eigenvalue weighted by molar-refractivity contribution is 5.82.